The van der Waals surface area contributed by atoms with Crippen molar-refractivity contribution in [2.75, 3.05) is 0 Å². The van der Waals surface area contributed by atoms with Gasteiger partial charge in [-0.3, -0.25) is 15.1 Å². The third kappa shape index (κ3) is 4.39. The van der Waals surface area contributed by atoms with Crippen LogP contribution in [0.2, 0.25) is 0 Å². The lowest BCUT2D eigenvalue weighted by Gasteiger charge is -2.08. The van der Waals surface area contributed by atoms with Gasteiger partial charge in [0.15, 0.2) is 6.04 Å². The van der Waals surface area contributed by atoms with Gasteiger partial charge in [-0.1, -0.05) is 30.3 Å². The molecule has 0 aliphatic rings. The highest BCUT2D eigenvalue weighted by atomic mass is 79.9. The van der Waals surface area contributed by atoms with Crippen molar-refractivity contribution in [1.29, 1.82) is 0 Å². The maximum absolute atomic E-state index is 11.4. The summed E-state index contributed by atoms with van der Waals surface area (Å²) < 4.78 is 0.132. The first-order valence-electron chi connectivity index (χ1n) is 6.85. The number of aliphatic imine (C=N–C) groups is 1. The van der Waals surface area contributed by atoms with Crippen molar-refractivity contribution in [2.24, 2.45) is 4.99 Å². The fourth-order valence-corrected chi connectivity index (χ4v) is 2.48. The molecule has 24 heavy (non-hydrogen) atoms. The SMILES string of the molecule is O=C(O)C(Cc1ccccc1)N=Cc1cc([N+](=O)[O-])cc(Br)c1O. The summed E-state index contributed by atoms with van der Waals surface area (Å²) in [4.78, 5) is 25.6. The fourth-order valence-electron chi connectivity index (χ4n) is 2.02. The van der Waals surface area contributed by atoms with Gasteiger partial charge in [0.25, 0.3) is 5.69 Å². The number of carboxylic acids is 1. The monoisotopic (exact) mass is 392 g/mol. The number of carboxylic acid groups (broad SMARTS) is 1. The quantitative estimate of drug-likeness (QED) is 0.445. The summed E-state index contributed by atoms with van der Waals surface area (Å²) in [5.74, 6) is -1.37. The molecular formula is C16H13BrN2O5. The first-order valence-corrected chi connectivity index (χ1v) is 7.64. The molecule has 0 radical (unpaired) electrons. The number of hydrogen-bond acceptors (Lipinski definition) is 5. The smallest absolute Gasteiger partial charge is 0.328 e. The van der Waals surface area contributed by atoms with Crippen molar-refractivity contribution < 1.29 is 19.9 Å². The van der Waals surface area contributed by atoms with Gasteiger partial charge in [0.1, 0.15) is 5.75 Å². The highest BCUT2D eigenvalue weighted by Gasteiger charge is 2.18. The van der Waals surface area contributed by atoms with Gasteiger partial charge >= 0.3 is 5.97 Å². The van der Waals surface area contributed by atoms with Crippen LogP contribution in [0.25, 0.3) is 0 Å². The zero-order valence-electron chi connectivity index (χ0n) is 12.3. The number of phenols is 1. The van der Waals surface area contributed by atoms with Crippen molar-refractivity contribution >= 4 is 33.8 Å². The minimum absolute atomic E-state index is 0.0652. The number of nitrogens with zero attached hydrogens (tertiary/aromatic N) is 2. The molecule has 0 saturated carbocycles. The average Bonchev–Trinajstić information content (AvgIpc) is 2.55. The van der Waals surface area contributed by atoms with E-state index in [4.69, 9.17) is 0 Å². The number of benzene rings is 2. The minimum atomic E-state index is -1.13. The van der Waals surface area contributed by atoms with Gasteiger partial charge in [-0.15, -0.1) is 0 Å². The molecule has 2 N–H and O–H groups in total. The number of halogens is 1. The standard InChI is InChI=1S/C16H13BrN2O5/c17-13-8-12(19(23)24)7-11(15(13)20)9-18-14(16(21)22)6-10-4-2-1-3-5-10/h1-5,7-9,14,20H,6H2,(H,21,22). The summed E-state index contributed by atoms with van der Waals surface area (Å²) >= 11 is 3.02. The third-order valence-corrected chi connectivity index (χ3v) is 3.84. The van der Waals surface area contributed by atoms with Crippen LogP contribution < -0.4 is 0 Å². The molecule has 1 unspecified atom stereocenters. The van der Waals surface area contributed by atoms with E-state index in [9.17, 15) is 25.1 Å². The highest BCUT2D eigenvalue weighted by molar-refractivity contribution is 9.10. The van der Waals surface area contributed by atoms with Gasteiger partial charge < -0.3 is 10.2 Å². The number of nitro benzene ring substituents is 1. The Morgan fingerprint density at radius 2 is 2.00 bits per heavy atom. The van der Waals surface area contributed by atoms with E-state index in [0.29, 0.717) is 0 Å². The van der Waals surface area contributed by atoms with Crippen molar-refractivity contribution in [1.82, 2.24) is 0 Å². The first-order chi connectivity index (χ1) is 11.4. The Bertz CT molecular complexity index is 793. The van der Waals surface area contributed by atoms with Gasteiger partial charge in [-0.05, 0) is 21.5 Å². The molecule has 1 atom stereocenters. The number of aliphatic carboxylic acids is 1. The zero-order valence-corrected chi connectivity index (χ0v) is 13.9. The zero-order chi connectivity index (χ0) is 17.7. The van der Waals surface area contributed by atoms with Crippen LogP contribution in [0.3, 0.4) is 0 Å². The van der Waals surface area contributed by atoms with Gasteiger partial charge in [-0.25, -0.2) is 4.79 Å². The van der Waals surface area contributed by atoms with Crippen LogP contribution in [0.5, 0.6) is 5.75 Å². The topological polar surface area (TPSA) is 113 Å². The van der Waals surface area contributed by atoms with Crippen LogP contribution in [0.4, 0.5) is 5.69 Å². The molecule has 2 aromatic carbocycles. The second kappa shape index (κ2) is 7.69. The Morgan fingerprint density at radius 1 is 1.33 bits per heavy atom. The largest absolute Gasteiger partial charge is 0.506 e. The third-order valence-electron chi connectivity index (χ3n) is 3.24. The van der Waals surface area contributed by atoms with Crippen LogP contribution in [0.1, 0.15) is 11.1 Å². The number of aromatic hydroxyl groups is 1. The maximum atomic E-state index is 11.4. The number of nitro groups is 1. The second-order valence-corrected chi connectivity index (χ2v) is 5.80. The molecule has 0 aliphatic heterocycles. The summed E-state index contributed by atoms with van der Waals surface area (Å²) in [7, 11) is 0. The highest BCUT2D eigenvalue weighted by Crippen LogP contribution is 2.31. The number of rotatable bonds is 6. The number of phenolic OH excluding ortho intramolecular Hbond substituents is 1. The summed E-state index contributed by atoms with van der Waals surface area (Å²) in [6.07, 6.45) is 1.30. The Balaban J connectivity index is 2.29. The predicted octanol–water partition coefficient (Wildman–Crippen LogP) is 3.18. The van der Waals surface area contributed by atoms with E-state index in [-0.39, 0.29) is 27.9 Å². The van der Waals surface area contributed by atoms with Crippen molar-refractivity contribution in [3.05, 3.63) is 68.2 Å². The van der Waals surface area contributed by atoms with Gasteiger partial charge in [0.05, 0.1) is 9.40 Å². The van der Waals surface area contributed by atoms with Crippen LogP contribution in [-0.2, 0) is 11.2 Å². The molecule has 0 amide bonds. The molecule has 2 rings (SSSR count). The second-order valence-electron chi connectivity index (χ2n) is 4.94. The molecule has 2 aromatic rings. The van der Waals surface area contributed by atoms with Crippen LogP contribution in [0, 0.1) is 10.1 Å². The number of hydrogen-bond donors (Lipinski definition) is 2. The molecular weight excluding hydrogens is 380 g/mol. The molecule has 0 aromatic heterocycles. The number of carbonyl (C=O) groups is 1. The van der Waals surface area contributed by atoms with E-state index in [1.165, 1.54) is 0 Å². The summed E-state index contributed by atoms with van der Waals surface area (Å²) in [5.41, 5.74) is 0.623. The molecule has 0 bridgehead atoms. The lowest BCUT2D eigenvalue weighted by molar-refractivity contribution is -0.385. The fraction of sp³-hybridized carbons (Fsp3) is 0.125. The molecule has 8 heteroatoms. The summed E-state index contributed by atoms with van der Waals surface area (Å²) in [6, 6.07) is 10.2. The normalized spacial score (nSPS) is 12.2. The molecule has 0 spiro atoms. The average molecular weight is 393 g/mol. The van der Waals surface area contributed by atoms with Gasteiger partial charge in [0, 0.05) is 30.3 Å². The van der Waals surface area contributed by atoms with Crippen molar-refractivity contribution in [2.45, 2.75) is 12.5 Å². The van der Waals surface area contributed by atoms with Crippen molar-refractivity contribution in [3.8, 4) is 5.75 Å². The maximum Gasteiger partial charge on any atom is 0.328 e. The Morgan fingerprint density at radius 3 is 2.58 bits per heavy atom. The van der Waals surface area contributed by atoms with E-state index < -0.39 is 16.9 Å². The lowest BCUT2D eigenvalue weighted by atomic mass is 10.1. The van der Waals surface area contributed by atoms with Crippen molar-refractivity contribution in [3.63, 3.8) is 0 Å². The lowest BCUT2D eigenvalue weighted by Crippen LogP contribution is -2.20. The van der Waals surface area contributed by atoms with E-state index in [2.05, 4.69) is 20.9 Å². The Labute approximate surface area is 145 Å². The van der Waals surface area contributed by atoms with E-state index in [1.54, 1.807) is 24.3 Å². The molecule has 0 heterocycles. The first kappa shape index (κ1) is 17.6. The number of non-ortho nitro benzene ring substituents is 1. The summed E-state index contributed by atoms with van der Waals surface area (Å²) in [5, 5.41) is 30.1. The molecule has 0 saturated heterocycles. The Kier molecular flexibility index (Phi) is 5.64. The summed E-state index contributed by atoms with van der Waals surface area (Å²) in [6.45, 7) is 0. The molecule has 124 valence electrons. The van der Waals surface area contributed by atoms with E-state index in [1.807, 2.05) is 6.07 Å². The van der Waals surface area contributed by atoms with E-state index >= 15 is 0 Å². The van der Waals surface area contributed by atoms with Crippen LogP contribution in [-0.4, -0.2) is 33.4 Å². The Hall–Kier alpha value is -2.74. The molecule has 7 nitrogen and oxygen atoms in total. The van der Waals surface area contributed by atoms with E-state index in [0.717, 1.165) is 23.9 Å². The van der Waals surface area contributed by atoms with Gasteiger partial charge in [0.2, 0.25) is 0 Å². The predicted molar refractivity (Wildman–Crippen MR) is 91.6 cm³/mol. The minimum Gasteiger partial charge on any atom is -0.506 e. The van der Waals surface area contributed by atoms with Gasteiger partial charge in [-0.2, -0.15) is 0 Å². The molecule has 0 fully saturated rings. The van der Waals surface area contributed by atoms with Crippen LogP contribution in [0.15, 0.2) is 51.9 Å². The molecule has 0 aliphatic carbocycles. The van der Waals surface area contributed by atoms with Crippen LogP contribution >= 0.6 is 15.9 Å².